The highest BCUT2D eigenvalue weighted by molar-refractivity contribution is 7.89. The molecule has 1 heterocycles. The standard InChI is InChI=1S/C11H22N4O3S/c1-5-6-15-7-9(10(12)13-15)19(17,18)14(4)11(2,3)8-16/h7,16H,5-6,8H2,1-4H3,(H2,12,13). The average Bonchev–Trinajstić information content (AvgIpc) is 2.70. The average molecular weight is 290 g/mol. The molecule has 7 nitrogen and oxygen atoms in total. The van der Waals surface area contributed by atoms with Crippen LogP contribution in [0.4, 0.5) is 5.82 Å². The monoisotopic (exact) mass is 290 g/mol. The summed E-state index contributed by atoms with van der Waals surface area (Å²) in [5, 5.41) is 13.3. The van der Waals surface area contributed by atoms with E-state index in [2.05, 4.69) is 5.10 Å². The van der Waals surface area contributed by atoms with Crippen molar-refractivity contribution in [2.45, 2.75) is 44.2 Å². The molecule has 0 saturated heterocycles. The van der Waals surface area contributed by atoms with Gasteiger partial charge in [-0.2, -0.15) is 9.40 Å². The van der Waals surface area contributed by atoms with Crippen LogP contribution in [0.1, 0.15) is 27.2 Å². The van der Waals surface area contributed by atoms with Crippen LogP contribution >= 0.6 is 0 Å². The van der Waals surface area contributed by atoms with Crippen molar-refractivity contribution >= 4 is 15.8 Å². The van der Waals surface area contributed by atoms with Gasteiger partial charge in [-0.05, 0) is 20.3 Å². The van der Waals surface area contributed by atoms with Gasteiger partial charge < -0.3 is 10.8 Å². The van der Waals surface area contributed by atoms with Crippen molar-refractivity contribution < 1.29 is 13.5 Å². The number of hydrogen-bond acceptors (Lipinski definition) is 5. The number of hydrogen-bond donors (Lipinski definition) is 2. The Morgan fingerprint density at radius 3 is 2.58 bits per heavy atom. The Balaban J connectivity index is 3.20. The first-order valence-corrected chi connectivity index (χ1v) is 7.53. The van der Waals surface area contributed by atoms with Crippen LogP contribution in [-0.4, -0.2) is 46.8 Å². The molecule has 0 bridgehead atoms. The van der Waals surface area contributed by atoms with Crippen molar-refractivity contribution in [1.29, 1.82) is 0 Å². The van der Waals surface area contributed by atoms with E-state index < -0.39 is 15.6 Å². The minimum absolute atomic E-state index is 0.0194. The summed E-state index contributed by atoms with van der Waals surface area (Å²) in [6.07, 6.45) is 2.26. The lowest BCUT2D eigenvalue weighted by Gasteiger charge is -2.32. The molecular formula is C11H22N4O3S. The second-order valence-corrected chi connectivity index (χ2v) is 7.02. The molecule has 19 heavy (non-hydrogen) atoms. The summed E-state index contributed by atoms with van der Waals surface area (Å²) in [5.41, 5.74) is 4.78. The molecule has 0 aliphatic heterocycles. The van der Waals surface area contributed by atoms with E-state index in [-0.39, 0.29) is 17.3 Å². The molecule has 3 N–H and O–H groups in total. The predicted molar refractivity (Wildman–Crippen MR) is 73.0 cm³/mol. The summed E-state index contributed by atoms with van der Waals surface area (Å²) in [7, 11) is -2.35. The van der Waals surface area contributed by atoms with E-state index in [4.69, 9.17) is 5.73 Å². The van der Waals surface area contributed by atoms with E-state index in [1.807, 2.05) is 6.92 Å². The van der Waals surface area contributed by atoms with Crippen molar-refractivity contribution in [3.05, 3.63) is 6.20 Å². The van der Waals surface area contributed by atoms with Crippen LogP contribution in [0, 0.1) is 0 Å². The summed E-state index contributed by atoms with van der Waals surface area (Å²) in [5.74, 6) is -0.0194. The number of nitrogens with zero attached hydrogens (tertiary/aromatic N) is 3. The van der Waals surface area contributed by atoms with Crippen molar-refractivity contribution in [2.24, 2.45) is 0 Å². The third-order valence-corrected chi connectivity index (χ3v) is 5.17. The van der Waals surface area contributed by atoms with Gasteiger partial charge in [-0.15, -0.1) is 0 Å². The summed E-state index contributed by atoms with van der Waals surface area (Å²) in [6.45, 7) is 5.56. The lowest BCUT2D eigenvalue weighted by atomic mass is 10.1. The Morgan fingerprint density at radius 2 is 2.11 bits per heavy atom. The molecule has 0 atom stereocenters. The van der Waals surface area contributed by atoms with Gasteiger partial charge in [0.2, 0.25) is 10.0 Å². The number of aromatic nitrogens is 2. The molecule has 1 rings (SSSR count). The summed E-state index contributed by atoms with van der Waals surface area (Å²) in [6, 6.07) is 0. The number of sulfonamides is 1. The molecule has 1 aromatic heterocycles. The van der Waals surface area contributed by atoms with E-state index in [9.17, 15) is 13.5 Å². The van der Waals surface area contributed by atoms with Gasteiger partial charge in [0.05, 0.1) is 12.1 Å². The molecule has 1 aromatic rings. The lowest BCUT2D eigenvalue weighted by Crippen LogP contribution is -2.47. The molecule has 8 heteroatoms. The number of aliphatic hydroxyl groups excluding tert-OH is 1. The summed E-state index contributed by atoms with van der Waals surface area (Å²) in [4.78, 5) is -0.0232. The third kappa shape index (κ3) is 3.07. The van der Waals surface area contributed by atoms with Crippen molar-refractivity contribution in [3.8, 4) is 0 Å². The maximum atomic E-state index is 12.5. The first-order chi connectivity index (χ1) is 8.66. The Bertz CT molecular complexity index is 536. The maximum absolute atomic E-state index is 12.5. The highest BCUT2D eigenvalue weighted by Gasteiger charge is 2.35. The van der Waals surface area contributed by atoms with Crippen molar-refractivity contribution in [1.82, 2.24) is 14.1 Å². The fourth-order valence-corrected chi connectivity index (χ4v) is 3.10. The van der Waals surface area contributed by atoms with E-state index >= 15 is 0 Å². The molecule has 110 valence electrons. The largest absolute Gasteiger partial charge is 0.394 e. The third-order valence-electron chi connectivity index (χ3n) is 3.09. The topological polar surface area (TPSA) is 101 Å². The van der Waals surface area contributed by atoms with E-state index in [0.717, 1.165) is 10.7 Å². The maximum Gasteiger partial charge on any atom is 0.248 e. The highest BCUT2D eigenvalue weighted by Crippen LogP contribution is 2.25. The zero-order valence-electron chi connectivity index (χ0n) is 11.8. The molecule has 0 fully saturated rings. The van der Waals surface area contributed by atoms with Crippen molar-refractivity contribution in [3.63, 3.8) is 0 Å². The predicted octanol–water partition coefficient (Wildman–Crippen LogP) is 0.267. The van der Waals surface area contributed by atoms with Crippen LogP contribution in [0.15, 0.2) is 11.1 Å². The molecule has 0 amide bonds. The van der Waals surface area contributed by atoms with Crippen LogP contribution < -0.4 is 5.73 Å². The fraction of sp³-hybridized carbons (Fsp3) is 0.727. The van der Waals surface area contributed by atoms with Crippen LogP contribution in [0.25, 0.3) is 0 Å². The van der Waals surface area contributed by atoms with Gasteiger partial charge in [-0.1, -0.05) is 6.92 Å². The van der Waals surface area contributed by atoms with Gasteiger partial charge >= 0.3 is 0 Å². The van der Waals surface area contributed by atoms with Gasteiger partial charge in [0.15, 0.2) is 5.82 Å². The molecule has 0 aliphatic rings. The Kier molecular flexibility index (Phi) is 4.59. The molecule has 0 spiro atoms. The number of aliphatic hydroxyl groups is 1. The minimum atomic E-state index is -3.77. The van der Waals surface area contributed by atoms with Crippen LogP contribution in [0.3, 0.4) is 0 Å². The quantitative estimate of drug-likeness (QED) is 0.783. The zero-order chi connectivity index (χ0) is 14.8. The van der Waals surface area contributed by atoms with Gasteiger partial charge in [0.1, 0.15) is 4.90 Å². The van der Waals surface area contributed by atoms with Crippen LogP contribution in [-0.2, 0) is 16.6 Å². The number of nitrogens with two attached hydrogens (primary N) is 1. The van der Waals surface area contributed by atoms with E-state index in [0.29, 0.717) is 6.54 Å². The lowest BCUT2D eigenvalue weighted by molar-refractivity contribution is 0.138. The van der Waals surface area contributed by atoms with Crippen LogP contribution in [0.5, 0.6) is 0 Å². The molecular weight excluding hydrogens is 268 g/mol. The first kappa shape index (κ1) is 15.9. The molecule has 0 aromatic carbocycles. The Morgan fingerprint density at radius 1 is 1.53 bits per heavy atom. The van der Waals surface area contributed by atoms with Gasteiger partial charge in [-0.25, -0.2) is 8.42 Å². The van der Waals surface area contributed by atoms with Gasteiger partial charge in [0, 0.05) is 19.8 Å². The Hall–Kier alpha value is -1.12. The smallest absolute Gasteiger partial charge is 0.248 e. The van der Waals surface area contributed by atoms with E-state index in [1.165, 1.54) is 17.9 Å². The number of rotatable bonds is 6. The number of aryl methyl sites for hydroxylation is 1. The number of anilines is 1. The van der Waals surface area contributed by atoms with E-state index in [1.54, 1.807) is 13.8 Å². The molecule has 0 saturated carbocycles. The normalized spacial score (nSPS) is 13.2. The molecule has 0 aliphatic carbocycles. The summed E-state index contributed by atoms with van der Waals surface area (Å²) >= 11 is 0. The second-order valence-electron chi connectivity index (χ2n) is 5.08. The zero-order valence-corrected chi connectivity index (χ0v) is 12.6. The van der Waals surface area contributed by atoms with Crippen molar-refractivity contribution in [2.75, 3.05) is 19.4 Å². The fourth-order valence-electron chi connectivity index (χ4n) is 1.53. The Labute approximate surface area is 114 Å². The number of likely N-dealkylation sites (N-methyl/N-ethyl adjacent to an activating group) is 1. The molecule has 0 radical (unpaired) electrons. The minimum Gasteiger partial charge on any atom is -0.394 e. The SMILES string of the molecule is CCCn1cc(S(=O)(=O)N(C)C(C)(C)CO)c(N)n1. The highest BCUT2D eigenvalue weighted by atomic mass is 32.2. The number of nitrogen functional groups attached to an aromatic ring is 1. The molecule has 0 unspecified atom stereocenters. The van der Waals surface area contributed by atoms with Gasteiger partial charge in [0.25, 0.3) is 0 Å². The van der Waals surface area contributed by atoms with Gasteiger partial charge in [-0.3, -0.25) is 4.68 Å². The second kappa shape index (κ2) is 5.48. The van der Waals surface area contributed by atoms with Crippen LogP contribution in [0.2, 0.25) is 0 Å². The first-order valence-electron chi connectivity index (χ1n) is 6.09. The summed E-state index contributed by atoms with van der Waals surface area (Å²) < 4.78 is 27.5.